The Morgan fingerprint density at radius 3 is 2.56 bits per heavy atom. The molecule has 0 aromatic heterocycles. The van der Waals surface area contributed by atoms with Crippen LogP contribution in [0.25, 0.3) is 0 Å². The van der Waals surface area contributed by atoms with Gasteiger partial charge in [0.2, 0.25) is 0 Å². The van der Waals surface area contributed by atoms with Crippen LogP contribution in [0.5, 0.6) is 0 Å². The molecular formula is C21H39IN4O. The lowest BCUT2D eigenvalue weighted by Crippen LogP contribution is -2.72. The molecule has 0 aromatic rings. The number of halogens is 1. The van der Waals surface area contributed by atoms with Crippen LogP contribution < -0.4 is 10.6 Å². The highest BCUT2D eigenvalue weighted by molar-refractivity contribution is 14.0. The fourth-order valence-electron chi connectivity index (χ4n) is 5.79. The lowest BCUT2D eigenvalue weighted by molar-refractivity contribution is -0.171. The summed E-state index contributed by atoms with van der Waals surface area (Å²) < 4.78 is 6.07. The van der Waals surface area contributed by atoms with Crippen LogP contribution in [0.3, 0.4) is 0 Å². The zero-order chi connectivity index (χ0) is 18.2. The van der Waals surface area contributed by atoms with Gasteiger partial charge in [-0.15, -0.1) is 24.0 Å². The number of hydrogen-bond acceptors (Lipinski definition) is 3. The molecule has 0 aromatic carbocycles. The van der Waals surface area contributed by atoms with Crippen molar-refractivity contribution in [2.24, 2.45) is 16.3 Å². The molecule has 2 heterocycles. The van der Waals surface area contributed by atoms with E-state index in [1.54, 1.807) is 0 Å². The fourth-order valence-corrected chi connectivity index (χ4v) is 5.79. The summed E-state index contributed by atoms with van der Waals surface area (Å²) in [5.41, 5.74) is 0.537. The van der Waals surface area contributed by atoms with Gasteiger partial charge in [-0.1, -0.05) is 12.8 Å². The van der Waals surface area contributed by atoms with Crippen LogP contribution in [0.1, 0.15) is 65.7 Å². The molecule has 2 N–H and O–H groups in total. The van der Waals surface area contributed by atoms with Crippen LogP contribution in [-0.2, 0) is 4.74 Å². The Kier molecular flexibility index (Phi) is 7.00. The summed E-state index contributed by atoms with van der Waals surface area (Å²) in [6.45, 7) is 12.0. The van der Waals surface area contributed by atoms with Gasteiger partial charge >= 0.3 is 0 Å². The van der Waals surface area contributed by atoms with Crippen LogP contribution in [0.2, 0.25) is 0 Å². The predicted octanol–water partition coefficient (Wildman–Crippen LogP) is 3.38. The zero-order valence-corrected chi connectivity index (χ0v) is 19.8. The lowest BCUT2D eigenvalue weighted by atomic mass is 9.46. The van der Waals surface area contributed by atoms with Crippen molar-refractivity contribution in [2.75, 3.05) is 32.8 Å². The lowest BCUT2D eigenvalue weighted by Gasteiger charge is -2.63. The highest BCUT2D eigenvalue weighted by atomic mass is 127. The maximum Gasteiger partial charge on any atom is 0.191 e. The number of likely N-dealkylation sites (tertiary alicyclic amines) is 1. The van der Waals surface area contributed by atoms with E-state index in [4.69, 9.17) is 9.73 Å². The van der Waals surface area contributed by atoms with Crippen LogP contribution >= 0.6 is 24.0 Å². The summed E-state index contributed by atoms with van der Waals surface area (Å²) in [6, 6.07) is 0.555. The third-order valence-electron chi connectivity index (χ3n) is 7.51. The number of rotatable bonds is 5. The van der Waals surface area contributed by atoms with Crippen molar-refractivity contribution in [3.05, 3.63) is 0 Å². The molecule has 27 heavy (non-hydrogen) atoms. The van der Waals surface area contributed by atoms with Crippen molar-refractivity contribution in [2.45, 2.75) is 83.4 Å². The summed E-state index contributed by atoms with van der Waals surface area (Å²) in [7, 11) is 0. The third kappa shape index (κ3) is 4.00. The molecule has 4 rings (SSSR count). The Labute approximate surface area is 182 Å². The smallest absolute Gasteiger partial charge is 0.191 e. The number of nitrogens with zero attached hydrogens (tertiary/aromatic N) is 2. The van der Waals surface area contributed by atoms with E-state index < -0.39 is 0 Å². The Bertz CT molecular complexity index is 528. The van der Waals surface area contributed by atoms with E-state index in [0.29, 0.717) is 23.5 Å². The molecule has 1 spiro atoms. The number of piperidine rings is 1. The summed E-state index contributed by atoms with van der Waals surface area (Å²) in [5, 5.41) is 7.34. The topological polar surface area (TPSA) is 48.9 Å². The molecule has 0 bridgehead atoms. The molecule has 6 heteroatoms. The highest BCUT2D eigenvalue weighted by Crippen LogP contribution is 2.62. The van der Waals surface area contributed by atoms with Gasteiger partial charge in [0.15, 0.2) is 5.96 Å². The molecule has 3 unspecified atom stereocenters. The van der Waals surface area contributed by atoms with Gasteiger partial charge in [-0.3, -0.25) is 9.89 Å². The Balaban J connectivity index is 0.00000210. The number of hydrogen-bond donors (Lipinski definition) is 2. The van der Waals surface area contributed by atoms with Crippen LogP contribution in [0.15, 0.2) is 4.99 Å². The first kappa shape index (κ1) is 21.6. The highest BCUT2D eigenvalue weighted by Gasteiger charge is 2.66. The average Bonchev–Trinajstić information content (AvgIpc) is 3.02. The van der Waals surface area contributed by atoms with Crippen LogP contribution in [-0.4, -0.2) is 61.3 Å². The maximum atomic E-state index is 6.07. The van der Waals surface area contributed by atoms with Gasteiger partial charge in [-0.25, -0.2) is 0 Å². The van der Waals surface area contributed by atoms with Crippen molar-refractivity contribution >= 4 is 29.9 Å². The normalized spacial score (nSPS) is 32.9. The predicted molar refractivity (Wildman–Crippen MR) is 122 cm³/mol. The summed E-state index contributed by atoms with van der Waals surface area (Å²) in [4.78, 5) is 7.66. The number of ether oxygens (including phenoxy) is 1. The van der Waals surface area contributed by atoms with Gasteiger partial charge in [0.05, 0.1) is 12.6 Å². The quantitative estimate of drug-likeness (QED) is 0.353. The largest absolute Gasteiger partial charge is 0.377 e. The van der Waals surface area contributed by atoms with Crippen molar-refractivity contribution in [1.82, 2.24) is 15.5 Å². The van der Waals surface area contributed by atoms with E-state index in [1.807, 2.05) is 0 Å². The molecule has 4 fully saturated rings. The van der Waals surface area contributed by atoms with Crippen molar-refractivity contribution in [3.63, 3.8) is 0 Å². The van der Waals surface area contributed by atoms with Gasteiger partial charge in [-0.05, 0) is 66.0 Å². The summed E-state index contributed by atoms with van der Waals surface area (Å²) in [5.74, 6) is 1.70. The minimum Gasteiger partial charge on any atom is -0.377 e. The maximum absolute atomic E-state index is 6.07. The zero-order valence-electron chi connectivity index (χ0n) is 17.4. The molecule has 156 valence electrons. The number of fused-ring (bicyclic) bond motifs is 2. The first-order chi connectivity index (χ1) is 12.6. The Morgan fingerprint density at radius 2 is 1.93 bits per heavy atom. The van der Waals surface area contributed by atoms with E-state index in [2.05, 4.69) is 36.3 Å². The third-order valence-corrected chi connectivity index (χ3v) is 7.51. The molecule has 4 aliphatic rings. The summed E-state index contributed by atoms with van der Waals surface area (Å²) in [6.07, 6.45) is 9.78. The fraction of sp³-hybridized carbons (Fsp3) is 0.952. The number of guanidine groups is 1. The molecule has 5 nitrogen and oxygen atoms in total. The second kappa shape index (κ2) is 8.74. The van der Waals surface area contributed by atoms with Crippen molar-refractivity contribution in [3.8, 4) is 0 Å². The molecule has 2 saturated heterocycles. The molecule has 2 aliphatic carbocycles. The standard InChI is InChI=1S/C21H38N4O.HI/c1-4-22-19(23-15-20(2,3)25-12-6-5-7-13-25)24-17-16-9-14-26-18(16)21(17)10-8-11-21;/h16-18H,4-15H2,1-3H3,(H2,22,23,24);1H. The second-order valence-electron chi connectivity index (χ2n) is 9.51. The minimum atomic E-state index is 0. The van der Waals surface area contributed by atoms with Gasteiger partial charge in [-0.2, -0.15) is 0 Å². The van der Waals surface area contributed by atoms with E-state index in [1.165, 1.54) is 58.0 Å². The molecule has 0 amide bonds. The van der Waals surface area contributed by atoms with E-state index >= 15 is 0 Å². The number of nitrogens with one attached hydrogen (secondary N) is 2. The van der Waals surface area contributed by atoms with Crippen LogP contribution in [0, 0.1) is 11.3 Å². The van der Waals surface area contributed by atoms with Crippen molar-refractivity contribution in [1.29, 1.82) is 0 Å². The van der Waals surface area contributed by atoms with Gasteiger partial charge in [0.1, 0.15) is 0 Å². The van der Waals surface area contributed by atoms with E-state index in [-0.39, 0.29) is 29.5 Å². The summed E-state index contributed by atoms with van der Waals surface area (Å²) >= 11 is 0. The molecule has 2 aliphatic heterocycles. The molecular weight excluding hydrogens is 451 g/mol. The minimum absolute atomic E-state index is 0. The number of aliphatic imine (C=N–C) groups is 1. The molecule has 0 radical (unpaired) electrons. The van der Waals surface area contributed by atoms with Gasteiger partial charge in [0, 0.05) is 36.1 Å². The Morgan fingerprint density at radius 1 is 1.19 bits per heavy atom. The van der Waals surface area contributed by atoms with Crippen LogP contribution in [0.4, 0.5) is 0 Å². The van der Waals surface area contributed by atoms with Gasteiger partial charge < -0.3 is 15.4 Å². The van der Waals surface area contributed by atoms with E-state index in [0.717, 1.165) is 25.7 Å². The van der Waals surface area contributed by atoms with Crippen molar-refractivity contribution < 1.29 is 4.74 Å². The first-order valence-electron chi connectivity index (χ1n) is 11.0. The Hall–Kier alpha value is -0.0800. The second-order valence-corrected chi connectivity index (χ2v) is 9.51. The first-order valence-corrected chi connectivity index (χ1v) is 11.0. The molecule has 3 atom stereocenters. The molecule has 2 saturated carbocycles. The SMILES string of the molecule is CCNC(=NCC(C)(C)N1CCCCC1)NC1C2CCOC2C12CCC2.I. The monoisotopic (exact) mass is 490 g/mol. The van der Waals surface area contributed by atoms with Gasteiger partial charge in [0.25, 0.3) is 0 Å². The average molecular weight is 490 g/mol. The van der Waals surface area contributed by atoms with E-state index in [9.17, 15) is 0 Å².